The molecule has 4 heteroatoms. The van der Waals surface area contributed by atoms with E-state index in [9.17, 15) is 9.90 Å². The Hall–Kier alpha value is -1.06. The van der Waals surface area contributed by atoms with Crippen LogP contribution in [0.15, 0.2) is 24.3 Å². The number of aliphatic carboxylic acids is 1. The smallest absolute Gasteiger partial charge is 0.103 e. The Balaban J connectivity index is 2.44. The molecule has 0 bridgehead atoms. The molecule has 0 spiro atoms. The second-order valence-electron chi connectivity index (χ2n) is 3.64. The summed E-state index contributed by atoms with van der Waals surface area (Å²) in [7, 11) is 1.95. The summed E-state index contributed by atoms with van der Waals surface area (Å²) < 4.78 is 0. The molecule has 82 valence electrons. The third-order valence-corrected chi connectivity index (χ3v) is 2.39. The molecule has 0 heterocycles. The Bertz CT molecular complexity index is 341. The average Bonchev–Trinajstić information content (AvgIpc) is 2.15. The van der Waals surface area contributed by atoms with E-state index in [1.807, 2.05) is 31.3 Å². The Morgan fingerprint density at radius 3 is 2.87 bits per heavy atom. The molecule has 0 aliphatic rings. The van der Waals surface area contributed by atoms with Crippen molar-refractivity contribution < 1.29 is 14.8 Å². The van der Waals surface area contributed by atoms with Crippen molar-refractivity contribution >= 4 is 17.6 Å². The summed E-state index contributed by atoms with van der Waals surface area (Å²) in [6.07, 6.45) is 0.0897. The summed E-state index contributed by atoms with van der Waals surface area (Å²) in [5, 5.41) is 11.0. The molecular weight excluding hydrogens is 214 g/mol. The van der Waals surface area contributed by atoms with E-state index >= 15 is 0 Å². The van der Waals surface area contributed by atoms with Gasteiger partial charge in [0.1, 0.15) is 6.54 Å². The molecule has 3 nitrogen and oxygen atoms in total. The molecular formula is C11H14ClNO2. The Kier molecular flexibility index (Phi) is 4.59. The van der Waals surface area contributed by atoms with E-state index in [1.54, 1.807) is 0 Å². The number of rotatable bonds is 5. The van der Waals surface area contributed by atoms with E-state index < -0.39 is 5.97 Å². The van der Waals surface area contributed by atoms with E-state index in [2.05, 4.69) is 0 Å². The van der Waals surface area contributed by atoms with E-state index in [1.165, 1.54) is 0 Å². The van der Waals surface area contributed by atoms with E-state index in [4.69, 9.17) is 11.6 Å². The average molecular weight is 228 g/mol. The molecule has 0 saturated carbocycles. The number of nitrogens with one attached hydrogen (secondary N) is 1. The highest BCUT2D eigenvalue weighted by molar-refractivity contribution is 6.30. The summed E-state index contributed by atoms with van der Waals surface area (Å²) in [6, 6.07) is 7.59. The third-order valence-electron chi connectivity index (χ3n) is 2.15. The molecule has 0 amide bonds. The van der Waals surface area contributed by atoms with Gasteiger partial charge in [0.2, 0.25) is 0 Å². The minimum atomic E-state index is -1.000. The SMILES string of the molecule is C[NH+](CCC(=O)[O-])Cc1cccc(Cl)c1. The van der Waals surface area contributed by atoms with Crippen molar-refractivity contribution in [2.45, 2.75) is 13.0 Å². The topological polar surface area (TPSA) is 44.6 Å². The predicted molar refractivity (Wildman–Crippen MR) is 56.5 cm³/mol. The zero-order valence-corrected chi connectivity index (χ0v) is 9.38. The van der Waals surface area contributed by atoms with Crippen molar-refractivity contribution in [3.8, 4) is 0 Å². The fourth-order valence-electron chi connectivity index (χ4n) is 1.40. The van der Waals surface area contributed by atoms with E-state index in [0.717, 1.165) is 17.0 Å². The summed E-state index contributed by atoms with van der Waals surface area (Å²) in [5.41, 5.74) is 1.11. The fraction of sp³-hybridized carbons (Fsp3) is 0.364. The van der Waals surface area contributed by atoms with Gasteiger partial charge in [-0.1, -0.05) is 23.7 Å². The van der Waals surface area contributed by atoms with Gasteiger partial charge in [-0.2, -0.15) is 0 Å². The van der Waals surface area contributed by atoms with Crippen LogP contribution in [0.1, 0.15) is 12.0 Å². The molecule has 1 unspecified atom stereocenters. The maximum Gasteiger partial charge on any atom is 0.103 e. The lowest BCUT2D eigenvalue weighted by Gasteiger charge is -2.14. The minimum Gasteiger partial charge on any atom is -0.550 e. The first-order valence-electron chi connectivity index (χ1n) is 4.83. The lowest BCUT2D eigenvalue weighted by atomic mass is 10.2. The van der Waals surface area contributed by atoms with Gasteiger partial charge < -0.3 is 14.8 Å². The van der Waals surface area contributed by atoms with Gasteiger partial charge in [-0.25, -0.2) is 0 Å². The maximum atomic E-state index is 10.3. The highest BCUT2D eigenvalue weighted by Crippen LogP contribution is 2.09. The normalized spacial score (nSPS) is 12.4. The number of carboxylic acid groups (broad SMARTS) is 1. The number of benzene rings is 1. The van der Waals surface area contributed by atoms with Crippen molar-refractivity contribution in [1.29, 1.82) is 0 Å². The molecule has 0 aliphatic heterocycles. The predicted octanol–water partition coefficient (Wildman–Crippen LogP) is -0.505. The van der Waals surface area contributed by atoms with Crippen LogP contribution in [-0.2, 0) is 11.3 Å². The highest BCUT2D eigenvalue weighted by Gasteiger charge is 2.03. The lowest BCUT2D eigenvalue weighted by Crippen LogP contribution is -3.07. The number of hydrogen-bond donors (Lipinski definition) is 1. The van der Waals surface area contributed by atoms with Gasteiger partial charge in [0.05, 0.1) is 13.6 Å². The van der Waals surface area contributed by atoms with Gasteiger partial charge in [-0.3, -0.25) is 0 Å². The molecule has 0 aromatic heterocycles. The molecule has 1 rings (SSSR count). The standard InChI is InChI=1S/C11H14ClNO2/c1-13(6-5-11(14)15)8-9-3-2-4-10(12)7-9/h2-4,7H,5-6,8H2,1H3,(H,14,15). The van der Waals surface area contributed by atoms with Gasteiger partial charge in [0.15, 0.2) is 0 Å². The molecule has 1 aromatic rings. The van der Waals surface area contributed by atoms with Crippen LogP contribution >= 0.6 is 11.6 Å². The number of carbonyl (C=O) groups is 1. The monoisotopic (exact) mass is 227 g/mol. The van der Waals surface area contributed by atoms with Crippen LogP contribution < -0.4 is 10.0 Å². The van der Waals surface area contributed by atoms with Crippen LogP contribution in [-0.4, -0.2) is 19.6 Å². The Morgan fingerprint density at radius 1 is 1.53 bits per heavy atom. The Labute approximate surface area is 94.3 Å². The second-order valence-corrected chi connectivity index (χ2v) is 4.07. The number of carbonyl (C=O) groups excluding carboxylic acids is 1. The number of quaternary nitrogens is 1. The van der Waals surface area contributed by atoms with Gasteiger partial charge in [0.25, 0.3) is 0 Å². The van der Waals surface area contributed by atoms with Gasteiger partial charge in [-0.05, 0) is 12.1 Å². The first-order valence-corrected chi connectivity index (χ1v) is 5.21. The van der Waals surface area contributed by atoms with Gasteiger partial charge in [-0.15, -0.1) is 0 Å². The van der Waals surface area contributed by atoms with Crippen molar-refractivity contribution in [3.05, 3.63) is 34.9 Å². The molecule has 1 atom stereocenters. The first-order chi connectivity index (χ1) is 7.08. The van der Waals surface area contributed by atoms with Crippen LogP contribution in [0.2, 0.25) is 5.02 Å². The third kappa shape index (κ3) is 4.81. The molecule has 1 aromatic carbocycles. The molecule has 0 fully saturated rings. The van der Waals surface area contributed by atoms with Gasteiger partial charge in [0, 0.05) is 23.0 Å². The first kappa shape index (κ1) is 12.0. The number of halogens is 1. The fourth-order valence-corrected chi connectivity index (χ4v) is 1.61. The lowest BCUT2D eigenvalue weighted by molar-refractivity contribution is -0.893. The van der Waals surface area contributed by atoms with Crippen molar-refractivity contribution in [2.24, 2.45) is 0 Å². The molecule has 0 saturated heterocycles. The zero-order chi connectivity index (χ0) is 11.3. The summed E-state index contributed by atoms with van der Waals surface area (Å²) in [6.45, 7) is 1.34. The van der Waals surface area contributed by atoms with E-state index in [0.29, 0.717) is 11.6 Å². The van der Waals surface area contributed by atoms with Crippen LogP contribution in [0.25, 0.3) is 0 Å². The number of hydrogen-bond acceptors (Lipinski definition) is 2. The molecule has 0 radical (unpaired) electrons. The van der Waals surface area contributed by atoms with Crippen LogP contribution in [0.3, 0.4) is 0 Å². The molecule has 1 N–H and O–H groups in total. The summed E-state index contributed by atoms with van der Waals surface area (Å²) in [4.78, 5) is 11.4. The van der Waals surface area contributed by atoms with Gasteiger partial charge >= 0.3 is 0 Å². The van der Waals surface area contributed by atoms with Crippen molar-refractivity contribution in [1.82, 2.24) is 0 Å². The quantitative estimate of drug-likeness (QED) is 0.737. The summed E-state index contributed by atoms with van der Waals surface area (Å²) >= 11 is 5.84. The minimum absolute atomic E-state index is 0.0897. The molecule has 0 aliphatic carbocycles. The van der Waals surface area contributed by atoms with Crippen LogP contribution in [0.5, 0.6) is 0 Å². The second kappa shape index (κ2) is 5.73. The Morgan fingerprint density at radius 2 is 2.27 bits per heavy atom. The van der Waals surface area contributed by atoms with Crippen LogP contribution in [0, 0.1) is 0 Å². The summed E-state index contributed by atoms with van der Waals surface area (Å²) in [5.74, 6) is -1.000. The maximum absolute atomic E-state index is 10.3. The van der Waals surface area contributed by atoms with Crippen LogP contribution in [0.4, 0.5) is 0 Å². The van der Waals surface area contributed by atoms with Crippen molar-refractivity contribution in [3.63, 3.8) is 0 Å². The largest absolute Gasteiger partial charge is 0.550 e. The number of carboxylic acids is 1. The zero-order valence-electron chi connectivity index (χ0n) is 8.63. The highest BCUT2D eigenvalue weighted by atomic mass is 35.5. The molecule has 15 heavy (non-hydrogen) atoms. The van der Waals surface area contributed by atoms with Crippen molar-refractivity contribution in [2.75, 3.05) is 13.6 Å². The van der Waals surface area contributed by atoms with E-state index in [-0.39, 0.29) is 6.42 Å².